The first-order valence-corrected chi connectivity index (χ1v) is 13.8. The normalized spacial score (nSPS) is 15.2. The molecule has 0 radical (unpaired) electrons. The predicted molar refractivity (Wildman–Crippen MR) is 141 cm³/mol. The number of sulfone groups is 1. The standard InChI is InChI=1S/C27H34N4O2S/c1-5-31-22(8-7-15-28-25-12-11-23(18-20(25)2)34(4,32)33)19-24-26(9-6-10-27(24)31)29-21-13-16-30(3)17-14-21/h6,9-12,18-19,21,28-29H,5,13-17H2,1-4H3. The Labute approximate surface area is 203 Å². The molecule has 2 heterocycles. The summed E-state index contributed by atoms with van der Waals surface area (Å²) in [4.78, 5) is 2.72. The molecule has 7 heteroatoms. The van der Waals surface area contributed by atoms with E-state index in [4.69, 9.17) is 0 Å². The van der Waals surface area contributed by atoms with Gasteiger partial charge in [-0.1, -0.05) is 12.0 Å². The monoisotopic (exact) mass is 478 g/mol. The Morgan fingerprint density at radius 1 is 1.09 bits per heavy atom. The fraction of sp³-hybridized carbons (Fsp3) is 0.407. The van der Waals surface area contributed by atoms with Crippen molar-refractivity contribution >= 4 is 32.1 Å². The van der Waals surface area contributed by atoms with Gasteiger partial charge in [-0.15, -0.1) is 0 Å². The van der Waals surface area contributed by atoms with E-state index in [9.17, 15) is 8.42 Å². The molecular formula is C27H34N4O2S. The Bertz CT molecular complexity index is 1340. The molecule has 1 saturated heterocycles. The summed E-state index contributed by atoms with van der Waals surface area (Å²) in [6, 6.07) is 14.3. The zero-order valence-electron chi connectivity index (χ0n) is 20.5. The lowest BCUT2D eigenvalue weighted by Crippen LogP contribution is -2.36. The fourth-order valence-corrected chi connectivity index (χ4v) is 5.27. The Morgan fingerprint density at radius 3 is 2.53 bits per heavy atom. The molecule has 1 aromatic heterocycles. The van der Waals surface area contributed by atoms with Crippen LogP contribution in [0, 0.1) is 18.8 Å². The molecule has 3 aromatic rings. The van der Waals surface area contributed by atoms with Crippen LogP contribution in [0.1, 0.15) is 31.0 Å². The summed E-state index contributed by atoms with van der Waals surface area (Å²) in [5.74, 6) is 6.57. The molecule has 1 aliphatic heterocycles. The minimum Gasteiger partial charge on any atom is -0.382 e. The maximum atomic E-state index is 11.7. The van der Waals surface area contributed by atoms with Gasteiger partial charge in [-0.05, 0) is 94.7 Å². The van der Waals surface area contributed by atoms with Crippen LogP contribution >= 0.6 is 0 Å². The largest absolute Gasteiger partial charge is 0.382 e. The van der Waals surface area contributed by atoms with Gasteiger partial charge in [0, 0.05) is 35.6 Å². The van der Waals surface area contributed by atoms with Crippen LogP contribution < -0.4 is 10.6 Å². The molecule has 0 unspecified atom stereocenters. The van der Waals surface area contributed by atoms with Crippen molar-refractivity contribution in [3.05, 3.63) is 53.7 Å². The van der Waals surface area contributed by atoms with Crippen LogP contribution in [0.2, 0.25) is 0 Å². The zero-order valence-corrected chi connectivity index (χ0v) is 21.3. The van der Waals surface area contributed by atoms with Crippen molar-refractivity contribution in [1.82, 2.24) is 9.47 Å². The molecule has 34 heavy (non-hydrogen) atoms. The highest BCUT2D eigenvalue weighted by Gasteiger charge is 2.18. The summed E-state index contributed by atoms with van der Waals surface area (Å²) in [7, 11) is -1.02. The van der Waals surface area contributed by atoms with Crippen molar-refractivity contribution in [2.45, 2.75) is 44.2 Å². The molecule has 0 amide bonds. The molecule has 0 atom stereocenters. The van der Waals surface area contributed by atoms with Crippen molar-refractivity contribution in [3.8, 4) is 11.8 Å². The smallest absolute Gasteiger partial charge is 0.175 e. The third-order valence-corrected chi connectivity index (χ3v) is 7.66. The van der Waals surface area contributed by atoms with Crippen LogP contribution in [0.4, 0.5) is 11.4 Å². The number of hydrogen-bond acceptors (Lipinski definition) is 5. The van der Waals surface area contributed by atoms with Gasteiger partial charge < -0.3 is 20.1 Å². The highest BCUT2D eigenvalue weighted by molar-refractivity contribution is 7.90. The number of piperidine rings is 1. The zero-order chi connectivity index (χ0) is 24.3. The van der Waals surface area contributed by atoms with Gasteiger partial charge in [-0.25, -0.2) is 8.42 Å². The third kappa shape index (κ3) is 5.40. The number of aryl methyl sites for hydroxylation is 2. The van der Waals surface area contributed by atoms with Crippen molar-refractivity contribution in [2.24, 2.45) is 0 Å². The Hall–Kier alpha value is -2.95. The van der Waals surface area contributed by atoms with Crippen LogP contribution in [-0.4, -0.2) is 56.9 Å². The molecule has 2 N–H and O–H groups in total. The van der Waals surface area contributed by atoms with Crippen molar-refractivity contribution in [2.75, 3.05) is 43.6 Å². The van der Waals surface area contributed by atoms with E-state index in [1.807, 2.05) is 6.92 Å². The minimum atomic E-state index is -3.21. The Balaban J connectivity index is 1.51. The first-order chi connectivity index (χ1) is 16.3. The van der Waals surface area contributed by atoms with Gasteiger partial charge >= 0.3 is 0 Å². The number of nitrogens with one attached hydrogen (secondary N) is 2. The quantitative estimate of drug-likeness (QED) is 0.516. The summed E-state index contributed by atoms with van der Waals surface area (Å²) < 4.78 is 25.7. The van der Waals surface area contributed by atoms with Gasteiger partial charge in [0.05, 0.1) is 22.7 Å². The van der Waals surface area contributed by atoms with Crippen molar-refractivity contribution in [3.63, 3.8) is 0 Å². The van der Waals surface area contributed by atoms with Gasteiger partial charge in [0.15, 0.2) is 9.84 Å². The molecular weight excluding hydrogens is 444 g/mol. The molecule has 1 aliphatic rings. The second-order valence-electron chi connectivity index (χ2n) is 9.14. The highest BCUT2D eigenvalue weighted by Crippen LogP contribution is 2.29. The first-order valence-electron chi connectivity index (χ1n) is 11.9. The van der Waals surface area contributed by atoms with E-state index >= 15 is 0 Å². The number of anilines is 2. The lowest BCUT2D eigenvalue weighted by molar-refractivity contribution is 0.264. The van der Waals surface area contributed by atoms with E-state index < -0.39 is 9.84 Å². The number of hydrogen-bond donors (Lipinski definition) is 2. The van der Waals surface area contributed by atoms with Crippen LogP contribution in [0.3, 0.4) is 0 Å². The molecule has 180 valence electrons. The molecule has 0 aliphatic carbocycles. The lowest BCUT2D eigenvalue weighted by atomic mass is 10.0. The topological polar surface area (TPSA) is 66.4 Å². The summed E-state index contributed by atoms with van der Waals surface area (Å²) in [6.45, 7) is 7.63. The number of nitrogens with zero attached hydrogens (tertiary/aromatic N) is 2. The summed E-state index contributed by atoms with van der Waals surface area (Å²) in [6.07, 6.45) is 3.54. The predicted octanol–water partition coefficient (Wildman–Crippen LogP) is 4.34. The number of benzene rings is 2. The van der Waals surface area contributed by atoms with Crippen LogP contribution in [-0.2, 0) is 16.4 Å². The number of likely N-dealkylation sites (tertiary alicyclic amines) is 1. The molecule has 4 rings (SSSR count). The number of fused-ring (bicyclic) bond motifs is 1. The Kier molecular flexibility index (Phi) is 7.20. The first kappa shape index (κ1) is 24.2. The molecule has 0 saturated carbocycles. The summed E-state index contributed by atoms with van der Waals surface area (Å²) >= 11 is 0. The molecule has 2 aromatic carbocycles. The highest BCUT2D eigenvalue weighted by atomic mass is 32.2. The van der Waals surface area contributed by atoms with Gasteiger partial charge in [0.1, 0.15) is 0 Å². The van der Waals surface area contributed by atoms with Gasteiger partial charge in [0.2, 0.25) is 0 Å². The van der Waals surface area contributed by atoms with Crippen molar-refractivity contribution < 1.29 is 8.42 Å². The Morgan fingerprint density at radius 2 is 1.85 bits per heavy atom. The number of rotatable bonds is 6. The van der Waals surface area contributed by atoms with Gasteiger partial charge in [-0.3, -0.25) is 0 Å². The average Bonchev–Trinajstić information content (AvgIpc) is 3.17. The molecule has 0 spiro atoms. The second kappa shape index (κ2) is 10.1. The van der Waals surface area contributed by atoms with E-state index in [0.717, 1.165) is 49.4 Å². The van der Waals surface area contributed by atoms with E-state index in [1.54, 1.807) is 18.2 Å². The van der Waals surface area contributed by atoms with Crippen LogP contribution in [0.15, 0.2) is 47.4 Å². The van der Waals surface area contributed by atoms with Crippen LogP contribution in [0.25, 0.3) is 10.9 Å². The second-order valence-corrected chi connectivity index (χ2v) is 11.2. The minimum absolute atomic E-state index is 0.332. The number of aromatic nitrogens is 1. The molecule has 1 fully saturated rings. The van der Waals surface area contributed by atoms with Gasteiger partial charge in [-0.2, -0.15) is 0 Å². The fourth-order valence-electron chi connectivity index (χ4n) is 4.57. The van der Waals surface area contributed by atoms with Crippen molar-refractivity contribution in [1.29, 1.82) is 0 Å². The SMILES string of the molecule is CCn1c(C#CCNc2ccc(S(C)(=O)=O)cc2C)cc2c(NC3CCN(C)CC3)cccc21. The summed E-state index contributed by atoms with van der Waals surface area (Å²) in [5, 5.41) is 8.30. The van der Waals surface area contributed by atoms with Crippen LogP contribution in [0.5, 0.6) is 0 Å². The van der Waals surface area contributed by atoms with Gasteiger partial charge in [0.25, 0.3) is 0 Å². The average molecular weight is 479 g/mol. The lowest BCUT2D eigenvalue weighted by Gasteiger charge is -2.30. The van der Waals surface area contributed by atoms with E-state index in [-0.39, 0.29) is 0 Å². The maximum absolute atomic E-state index is 11.7. The molecule has 0 bridgehead atoms. The summed E-state index contributed by atoms with van der Waals surface area (Å²) in [5.41, 5.74) is 5.16. The maximum Gasteiger partial charge on any atom is 0.175 e. The van der Waals surface area contributed by atoms with E-state index in [2.05, 4.69) is 70.2 Å². The van der Waals surface area contributed by atoms with E-state index in [0.29, 0.717) is 17.5 Å². The van der Waals surface area contributed by atoms with E-state index in [1.165, 1.54) is 22.8 Å². The molecule has 6 nitrogen and oxygen atoms in total. The third-order valence-electron chi connectivity index (χ3n) is 6.55.